The molecule has 0 atom stereocenters. The highest BCUT2D eigenvalue weighted by Gasteiger charge is 2.14. The lowest BCUT2D eigenvalue weighted by molar-refractivity contribution is 0.590. The summed E-state index contributed by atoms with van der Waals surface area (Å²) in [6.45, 7) is 11.0. The van der Waals surface area contributed by atoms with E-state index < -0.39 is 0 Å². The molecule has 3 nitrogen and oxygen atoms in total. The quantitative estimate of drug-likeness (QED) is 0.917. The summed E-state index contributed by atoms with van der Waals surface area (Å²) < 4.78 is 0. The lowest BCUT2D eigenvalue weighted by atomic mass is 9.86. The van der Waals surface area contributed by atoms with Crippen molar-refractivity contribution < 1.29 is 0 Å². The smallest absolute Gasteiger partial charge is 0.161 e. The van der Waals surface area contributed by atoms with Gasteiger partial charge in [0.25, 0.3) is 0 Å². The van der Waals surface area contributed by atoms with E-state index >= 15 is 0 Å². The number of benzene rings is 1. The minimum absolute atomic E-state index is 0.151. The monoisotopic (exact) mass is 283 g/mol. The molecule has 0 aliphatic heterocycles. The van der Waals surface area contributed by atoms with Gasteiger partial charge < -0.3 is 5.73 Å². The summed E-state index contributed by atoms with van der Waals surface area (Å²) in [5, 5.41) is 0. The van der Waals surface area contributed by atoms with Crippen LogP contribution in [-0.4, -0.2) is 9.97 Å². The summed E-state index contributed by atoms with van der Waals surface area (Å²) >= 11 is 0. The first-order valence-electron chi connectivity index (χ1n) is 7.50. The largest absolute Gasteiger partial charge is 0.384 e. The first-order chi connectivity index (χ1) is 9.75. The second-order valence-corrected chi connectivity index (χ2v) is 7.03. The second-order valence-electron chi connectivity index (χ2n) is 7.03. The molecule has 3 heteroatoms. The Morgan fingerprint density at radius 1 is 1.05 bits per heavy atom. The number of nitrogens with zero attached hydrogens (tertiary/aromatic N) is 2. The molecule has 0 unspecified atom stereocenters. The second kappa shape index (κ2) is 5.84. The predicted octanol–water partition coefficient (Wildman–Crippen LogP) is 4.22. The molecule has 0 saturated carbocycles. The van der Waals surface area contributed by atoms with Crippen molar-refractivity contribution in [2.24, 2.45) is 5.92 Å². The lowest BCUT2D eigenvalue weighted by Gasteiger charge is -2.19. The van der Waals surface area contributed by atoms with Crippen LogP contribution >= 0.6 is 0 Å². The van der Waals surface area contributed by atoms with E-state index in [0.717, 1.165) is 17.7 Å². The maximum Gasteiger partial charge on any atom is 0.161 e. The van der Waals surface area contributed by atoms with E-state index in [2.05, 4.69) is 68.9 Å². The Labute approximate surface area is 127 Å². The Hall–Kier alpha value is -1.90. The summed E-state index contributed by atoms with van der Waals surface area (Å²) in [6.07, 6.45) is 0.916. The topological polar surface area (TPSA) is 51.8 Å². The Kier molecular flexibility index (Phi) is 4.31. The zero-order valence-corrected chi connectivity index (χ0v) is 13.6. The number of nitrogens with two attached hydrogens (primary N) is 1. The van der Waals surface area contributed by atoms with Gasteiger partial charge in [0.1, 0.15) is 5.82 Å². The van der Waals surface area contributed by atoms with Crippen LogP contribution in [0.1, 0.15) is 45.9 Å². The number of nitrogen functional groups attached to an aromatic ring is 1. The average molecular weight is 283 g/mol. The van der Waals surface area contributed by atoms with Crippen LogP contribution in [0.25, 0.3) is 11.4 Å². The molecule has 21 heavy (non-hydrogen) atoms. The van der Waals surface area contributed by atoms with Crippen molar-refractivity contribution in [3.63, 3.8) is 0 Å². The van der Waals surface area contributed by atoms with E-state index in [4.69, 9.17) is 5.73 Å². The molecule has 112 valence electrons. The molecule has 1 heterocycles. The van der Waals surface area contributed by atoms with Crippen LogP contribution in [0.3, 0.4) is 0 Å². The third-order valence-corrected chi connectivity index (χ3v) is 3.43. The van der Waals surface area contributed by atoms with Gasteiger partial charge in [-0.15, -0.1) is 0 Å². The van der Waals surface area contributed by atoms with Crippen LogP contribution in [-0.2, 0) is 11.8 Å². The highest BCUT2D eigenvalue weighted by Crippen LogP contribution is 2.25. The molecule has 0 fully saturated rings. The normalized spacial score (nSPS) is 11.9. The van der Waals surface area contributed by atoms with Crippen LogP contribution in [0.5, 0.6) is 0 Å². The molecule has 2 aromatic rings. The van der Waals surface area contributed by atoms with Gasteiger partial charge in [0.2, 0.25) is 0 Å². The van der Waals surface area contributed by atoms with Crippen LogP contribution in [0.2, 0.25) is 0 Å². The fraction of sp³-hybridized carbons (Fsp3) is 0.444. The molecule has 1 aromatic heterocycles. The van der Waals surface area contributed by atoms with E-state index in [1.165, 1.54) is 5.56 Å². The van der Waals surface area contributed by atoms with Gasteiger partial charge in [0, 0.05) is 17.3 Å². The molecule has 0 spiro atoms. The minimum atomic E-state index is 0.151. The predicted molar refractivity (Wildman–Crippen MR) is 89.1 cm³/mol. The number of anilines is 1. The fourth-order valence-corrected chi connectivity index (χ4v) is 2.29. The highest BCUT2D eigenvalue weighted by atomic mass is 14.9. The first kappa shape index (κ1) is 15.5. The Morgan fingerprint density at radius 3 is 2.19 bits per heavy atom. The maximum atomic E-state index is 5.92. The summed E-state index contributed by atoms with van der Waals surface area (Å²) in [4.78, 5) is 9.01. The Morgan fingerprint density at radius 2 is 1.67 bits per heavy atom. The van der Waals surface area contributed by atoms with E-state index in [0.29, 0.717) is 17.6 Å². The number of hydrogen-bond acceptors (Lipinski definition) is 3. The van der Waals surface area contributed by atoms with Gasteiger partial charge in [-0.05, 0) is 23.3 Å². The number of hydrogen-bond donors (Lipinski definition) is 1. The van der Waals surface area contributed by atoms with Crippen LogP contribution in [0.4, 0.5) is 5.82 Å². The van der Waals surface area contributed by atoms with Crippen molar-refractivity contribution in [2.75, 3.05) is 5.73 Å². The van der Waals surface area contributed by atoms with Crippen LogP contribution < -0.4 is 5.73 Å². The fourth-order valence-electron chi connectivity index (χ4n) is 2.29. The molecule has 0 aliphatic rings. The summed E-state index contributed by atoms with van der Waals surface area (Å²) in [7, 11) is 0. The standard InChI is InChI=1S/C18H25N3/c1-12(2)10-15-11-16(19)21-17(20-15)13-6-8-14(9-7-13)18(3,4)5/h6-9,11-12H,10H2,1-5H3,(H2,19,20,21). The van der Waals surface area contributed by atoms with E-state index in [9.17, 15) is 0 Å². The van der Waals surface area contributed by atoms with Gasteiger partial charge in [-0.2, -0.15) is 0 Å². The van der Waals surface area contributed by atoms with Crippen molar-refractivity contribution in [2.45, 2.75) is 46.5 Å². The Balaban J connectivity index is 2.35. The van der Waals surface area contributed by atoms with Crippen LogP contribution in [0, 0.1) is 5.92 Å². The van der Waals surface area contributed by atoms with Crippen molar-refractivity contribution in [3.05, 3.63) is 41.6 Å². The lowest BCUT2D eigenvalue weighted by Crippen LogP contribution is -2.10. The molecule has 1 aromatic carbocycles. The highest BCUT2D eigenvalue weighted by molar-refractivity contribution is 5.57. The molecule has 0 saturated heterocycles. The number of rotatable bonds is 3. The van der Waals surface area contributed by atoms with E-state index in [1.54, 1.807) is 0 Å². The van der Waals surface area contributed by atoms with Crippen LogP contribution in [0.15, 0.2) is 30.3 Å². The molecule has 0 amide bonds. The maximum absolute atomic E-state index is 5.92. The van der Waals surface area contributed by atoms with Gasteiger partial charge >= 0.3 is 0 Å². The molecule has 2 rings (SSSR count). The average Bonchev–Trinajstić information content (AvgIpc) is 2.36. The third kappa shape index (κ3) is 4.03. The van der Waals surface area contributed by atoms with E-state index in [-0.39, 0.29) is 5.41 Å². The minimum Gasteiger partial charge on any atom is -0.384 e. The van der Waals surface area contributed by atoms with Gasteiger partial charge in [0.05, 0.1) is 0 Å². The molecule has 2 N–H and O–H groups in total. The Bertz CT molecular complexity index is 607. The zero-order chi connectivity index (χ0) is 15.6. The zero-order valence-electron chi connectivity index (χ0n) is 13.6. The van der Waals surface area contributed by atoms with Crippen molar-refractivity contribution >= 4 is 5.82 Å². The summed E-state index contributed by atoms with van der Waals surface area (Å²) in [5.74, 6) is 1.80. The van der Waals surface area contributed by atoms with Gasteiger partial charge in [-0.25, -0.2) is 9.97 Å². The molecule has 0 bridgehead atoms. The van der Waals surface area contributed by atoms with E-state index in [1.807, 2.05) is 6.07 Å². The van der Waals surface area contributed by atoms with Crippen molar-refractivity contribution in [1.82, 2.24) is 9.97 Å². The molecular formula is C18H25N3. The molecule has 0 radical (unpaired) electrons. The summed E-state index contributed by atoms with van der Waals surface area (Å²) in [6, 6.07) is 10.3. The number of aromatic nitrogens is 2. The molecular weight excluding hydrogens is 258 g/mol. The van der Waals surface area contributed by atoms with Crippen molar-refractivity contribution in [1.29, 1.82) is 0 Å². The van der Waals surface area contributed by atoms with Gasteiger partial charge in [-0.3, -0.25) is 0 Å². The van der Waals surface area contributed by atoms with Gasteiger partial charge in [0.15, 0.2) is 5.82 Å². The van der Waals surface area contributed by atoms with Crippen molar-refractivity contribution in [3.8, 4) is 11.4 Å². The first-order valence-corrected chi connectivity index (χ1v) is 7.50. The molecule has 0 aliphatic carbocycles. The summed E-state index contributed by atoms with van der Waals surface area (Å²) in [5.41, 5.74) is 9.40. The SMILES string of the molecule is CC(C)Cc1cc(N)nc(-c2ccc(C(C)(C)C)cc2)n1. The van der Waals surface area contributed by atoms with Gasteiger partial charge in [-0.1, -0.05) is 58.9 Å². The third-order valence-electron chi connectivity index (χ3n) is 3.43.